The van der Waals surface area contributed by atoms with Crippen molar-refractivity contribution in [3.8, 4) is 0 Å². The van der Waals surface area contributed by atoms with E-state index < -0.39 is 0 Å². The SMILES string of the molecule is C=CC1CC(=O)N(c2nc3ccc(Cl)cc3s2)C1. The van der Waals surface area contributed by atoms with E-state index in [4.69, 9.17) is 11.6 Å². The van der Waals surface area contributed by atoms with Crippen LogP contribution in [-0.4, -0.2) is 17.4 Å². The van der Waals surface area contributed by atoms with Crippen molar-refractivity contribution in [1.29, 1.82) is 0 Å². The summed E-state index contributed by atoms with van der Waals surface area (Å²) in [6.07, 6.45) is 2.36. The van der Waals surface area contributed by atoms with Gasteiger partial charge in [-0.25, -0.2) is 4.98 Å². The summed E-state index contributed by atoms with van der Waals surface area (Å²) in [6.45, 7) is 4.42. The molecule has 0 aliphatic carbocycles. The van der Waals surface area contributed by atoms with Gasteiger partial charge in [-0.15, -0.1) is 6.58 Å². The zero-order valence-corrected chi connectivity index (χ0v) is 11.2. The molecule has 1 unspecified atom stereocenters. The molecule has 1 aliphatic heterocycles. The van der Waals surface area contributed by atoms with Crippen molar-refractivity contribution in [3.63, 3.8) is 0 Å². The predicted molar refractivity (Wildman–Crippen MR) is 75.3 cm³/mol. The number of hydrogen-bond donors (Lipinski definition) is 0. The van der Waals surface area contributed by atoms with Crippen LogP contribution in [0.15, 0.2) is 30.9 Å². The summed E-state index contributed by atoms with van der Waals surface area (Å²) in [5.74, 6) is 0.346. The summed E-state index contributed by atoms with van der Waals surface area (Å²) in [4.78, 5) is 18.1. The van der Waals surface area contributed by atoms with E-state index in [-0.39, 0.29) is 11.8 Å². The van der Waals surface area contributed by atoms with Crippen LogP contribution < -0.4 is 4.90 Å². The topological polar surface area (TPSA) is 33.2 Å². The van der Waals surface area contributed by atoms with E-state index in [0.29, 0.717) is 18.0 Å². The Hall–Kier alpha value is -1.39. The lowest BCUT2D eigenvalue weighted by atomic mass is 10.1. The zero-order chi connectivity index (χ0) is 12.7. The highest BCUT2D eigenvalue weighted by Crippen LogP contribution is 2.33. The van der Waals surface area contributed by atoms with Crippen LogP contribution in [0, 0.1) is 5.92 Å². The Bertz CT molecular complexity index is 637. The second-order valence-electron chi connectivity index (χ2n) is 4.31. The van der Waals surface area contributed by atoms with Gasteiger partial charge in [-0.3, -0.25) is 9.69 Å². The number of hydrogen-bond acceptors (Lipinski definition) is 3. The Morgan fingerprint density at radius 2 is 2.39 bits per heavy atom. The average molecular weight is 279 g/mol. The van der Waals surface area contributed by atoms with E-state index in [1.165, 1.54) is 11.3 Å². The maximum absolute atomic E-state index is 11.9. The molecule has 2 heterocycles. The summed E-state index contributed by atoms with van der Waals surface area (Å²) < 4.78 is 1.01. The van der Waals surface area contributed by atoms with Gasteiger partial charge in [0, 0.05) is 23.9 Å². The van der Waals surface area contributed by atoms with Gasteiger partial charge in [0.25, 0.3) is 0 Å². The van der Waals surface area contributed by atoms with Crippen LogP contribution in [-0.2, 0) is 4.79 Å². The van der Waals surface area contributed by atoms with Crippen molar-refractivity contribution in [2.24, 2.45) is 5.92 Å². The highest BCUT2D eigenvalue weighted by molar-refractivity contribution is 7.22. The van der Waals surface area contributed by atoms with Crippen molar-refractivity contribution >= 4 is 44.2 Å². The van der Waals surface area contributed by atoms with Crippen LogP contribution in [0.1, 0.15) is 6.42 Å². The average Bonchev–Trinajstić information content (AvgIpc) is 2.91. The molecule has 0 saturated carbocycles. The van der Waals surface area contributed by atoms with E-state index in [9.17, 15) is 4.79 Å². The van der Waals surface area contributed by atoms with Gasteiger partial charge in [-0.1, -0.05) is 29.0 Å². The van der Waals surface area contributed by atoms with E-state index in [1.54, 1.807) is 4.90 Å². The summed E-state index contributed by atoms with van der Waals surface area (Å²) in [6, 6.07) is 5.57. The third-order valence-corrected chi connectivity index (χ3v) is 4.33. The van der Waals surface area contributed by atoms with E-state index >= 15 is 0 Å². The summed E-state index contributed by atoms with van der Waals surface area (Å²) >= 11 is 7.45. The molecule has 0 spiro atoms. The quantitative estimate of drug-likeness (QED) is 0.788. The van der Waals surface area contributed by atoms with Gasteiger partial charge in [0.1, 0.15) is 0 Å². The molecule has 0 bridgehead atoms. The summed E-state index contributed by atoms with van der Waals surface area (Å²) in [7, 11) is 0. The minimum Gasteiger partial charge on any atom is -0.287 e. The molecule has 0 radical (unpaired) electrons. The van der Waals surface area contributed by atoms with Gasteiger partial charge in [0.15, 0.2) is 5.13 Å². The number of anilines is 1. The first-order valence-corrected chi connectivity index (χ1v) is 6.86. The number of amides is 1. The largest absolute Gasteiger partial charge is 0.287 e. The van der Waals surface area contributed by atoms with Crippen LogP contribution in [0.3, 0.4) is 0 Å². The van der Waals surface area contributed by atoms with Crippen molar-refractivity contribution in [1.82, 2.24) is 4.98 Å². The fourth-order valence-corrected chi connectivity index (χ4v) is 3.35. The molecule has 1 amide bonds. The van der Waals surface area contributed by atoms with Gasteiger partial charge >= 0.3 is 0 Å². The monoisotopic (exact) mass is 278 g/mol. The third-order valence-electron chi connectivity index (χ3n) is 3.06. The van der Waals surface area contributed by atoms with Gasteiger partial charge in [0.05, 0.1) is 10.2 Å². The number of aromatic nitrogens is 1. The maximum atomic E-state index is 11.9. The van der Waals surface area contributed by atoms with Crippen LogP contribution >= 0.6 is 22.9 Å². The Kier molecular flexibility index (Phi) is 2.84. The van der Waals surface area contributed by atoms with Gasteiger partial charge in [-0.05, 0) is 18.2 Å². The lowest BCUT2D eigenvalue weighted by molar-refractivity contribution is -0.117. The standard InChI is InChI=1S/C13H11ClN2OS/c1-2-8-5-12(17)16(7-8)13-15-10-4-3-9(14)6-11(10)18-13/h2-4,6,8H,1,5,7H2. The van der Waals surface area contributed by atoms with Crippen molar-refractivity contribution in [2.75, 3.05) is 11.4 Å². The minimum absolute atomic E-state index is 0.116. The number of benzene rings is 1. The molecule has 92 valence electrons. The fourth-order valence-electron chi connectivity index (χ4n) is 2.08. The molecule has 1 aliphatic rings. The molecule has 3 nitrogen and oxygen atoms in total. The second kappa shape index (κ2) is 4.37. The molecule has 18 heavy (non-hydrogen) atoms. The minimum atomic E-state index is 0.116. The normalized spacial score (nSPS) is 19.7. The first kappa shape index (κ1) is 11.7. The Morgan fingerprint density at radius 3 is 3.11 bits per heavy atom. The molecule has 1 saturated heterocycles. The first-order valence-electron chi connectivity index (χ1n) is 5.66. The molecule has 0 N–H and O–H groups in total. The predicted octanol–water partition coefficient (Wildman–Crippen LogP) is 3.49. The number of halogens is 1. The molecular weight excluding hydrogens is 268 g/mol. The highest BCUT2D eigenvalue weighted by Gasteiger charge is 2.30. The number of carbonyl (C=O) groups is 1. The van der Waals surface area contributed by atoms with Gasteiger partial charge in [0.2, 0.25) is 5.91 Å². The van der Waals surface area contributed by atoms with Crippen molar-refractivity contribution in [2.45, 2.75) is 6.42 Å². The molecule has 1 aromatic carbocycles. The van der Waals surface area contributed by atoms with Gasteiger partial charge in [-0.2, -0.15) is 0 Å². The lowest BCUT2D eigenvalue weighted by Gasteiger charge is -2.11. The highest BCUT2D eigenvalue weighted by atomic mass is 35.5. The van der Waals surface area contributed by atoms with E-state index in [0.717, 1.165) is 15.3 Å². The number of thiazole rings is 1. The number of carbonyl (C=O) groups excluding carboxylic acids is 1. The molecular formula is C13H11ClN2OS. The molecule has 5 heteroatoms. The van der Waals surface area contributed by atoms with Crippen molar-refractivity contribution in [3.05, 3.63) is 35.9 Å². The Labute approximate surface area is 114 Å². The summed E-state index contributed by atoms with van der Waals surface area (Å²) in [5, 5.41) is 1.44. The van der Waals surface area contributed by atoms with E-state index in [2.05, 4.69) is 11.6 Å². The Balaban J connectivity index is 1.99. The zero-order valence-electron chi connectivity index (χ0n) is 9.60. The molecule has 1 atom stereocenters. The lowest BCUT2D eigenvalue weighted by Crippen LogP contribution is -2.23. The van der Waals surface area contributed by atoms with Crippen LogP contribution in [0.2, 0.25) is 5.02 Å². The fraction of sp³-hybridized carbons (Fsp3) is 0.231. The molecule has 3 rings (SSSR count). The first-order chi connectivity index (χ1) is 8.67. The third kappa shape index (κ3) is 1.91. The summed E-state index contributed by atoms with van der Waals surface area (Å²) in [5.41, 5.74) is 0.884. The number of fused-ring (bicyclic) bond motifs is 1. The van der Waals surface area contributed by atoms with Crippen LogP contribution in [0.4, 0.5) is 5.13 Å². The Morgan fingerprint density at radius 1 is 1.56 bits per heavy atom. The van der Waals surface area contributed by atoms with Crippen LogP contribution in [0.5, 0.6) is 0 Å². The number of rotatable bonds is 2. The smallest absolute Gasteiger partial charge is 0.229 e. The maximum Gasteiger partial charge on any atom is 0.229 e. The second-order valence-corrected chi connectivity index (χ2v) is 5.76. The number of nitrogens with zero attached hydrogens (tertiary/aromatic N) is 2. The molecule has 1 fully saturated rings. The molecule has 2 aromatic rings. The van der Waals surface area contributed by atoms with Crippen LogP contribution in [0.25, 0.3) is 10.2 Å². The van der Waals surface area contributed by atoms with Gasteiger partial charge < -0.3 is 0 Å². The molecule has 1 aromatic heterocycles. The van der Waals surface area contributed by atoms with Crippen molar-refractivity contribution < 1.29 is 4.79 Å². The van der Waals surface area contributed by atoms with E-state index in [1.807, 2.05) is 24.3 Å².